The van der Waals surface area contributed by atoms with Crippen molar-refractivity contribution in [2.24, 2.45) is 0 Å². The Labute approximate surface area is 141 Å². The Morgan fingerprint density at radius 1 is 1.30 bits per heavy atom. The van der Waals surface area contributed by atoms with Crippen molar-refractivity contribution < 1.29 is 12.9 Å². The molecule has 0 amide bonds. The predicted octanol–water partition coefficient (Wildman–Crippen LogP) is 3.98. The lowest BCUT2D eigenvalue weighted by Gasteiger charge is -2.22. The molecule has 1 aromatic heterocycles. The van der Waals surface area contributed by atoms with Gasteiger partial charge in [0.15, 0.2) is 5.76 Å². The quantitative estimate of drug-likeness (QED) is 0.833. The largest absolute Gasteiger partial charge is 0.359 e. The lowest BCUT2D eigenvalue weighted by molar-refractivity contribution is 0.295. The normalized spacial score (nSPS) is 19.6. The summed E-state index contributed by atoms with van der Waals surface area (Å²) in [5, 5.41) is 4.56. The molecular formula is C16H19ClN2O3S. The van der Waals surface area contributed by atoms with E-state index < -0.39 is 10.0 Å². The third-order valence-electron chi connectivity index (χ3n) is 4.09. The van der Waals surface area contributed by atoms with E-state index in [1.165, 1.54) is 16.4 Å². The van der Waals surface area contributed by atoms with E-state index >= 15 is 0 Å². The van der Waals surface area contributed by atoms with Gasteiger partial charge in [0.25, 0.3) is 0 Å². The minimum atomic E-state index is -3.58. The van der Waals surface area contributed by atoms with Crippen molar-refractivity contribution in [3.05, 3.63) is 46.8 Å². The summed E-state index contributed by atoms with van der Waals surface area (Å²) in [6.07, 6.45) is 1.54. The molecule has 0 saturated carbocycles. The fourth-order valence-electron chi connectivity index (χ4n) is 2.79. The third-order valence-corrected chi connectivity index (χ3v) is 6.26. The van der Waals surface area contributed by atoms with Crippen molar-refractivity contribution in [3.63, 3.8) is 0 Å². The molecule has 23 heavy (non-hydrogen) atoms. The molecule has 0 unspecified atom stereocenters. The summed E-state index contributed by atoms with van der Waals surface area (Å²) < 4.78 is 32.7. The molecule has 1 aromatic carbocycles. The van der Waals surface area contributed by atoms with E-state index in [0.717, 1.165) is 18.5 Å². The SMILES string of the molecule is CC(C)c1cc([C@@H]2CCCN2S(=O)(=O)c2ccc(Cl)cc2)on1. The third kappa shape index (κ3) is 3.16. The molecule has 0 aliphatic carbocycles. The fourth-order valence-corrected chi connectivity index (χ4v) is 4.58. The highest BCUT2D eigenvalue weighted by molar-refractivity contribution is 7.89. The van der Waals surface area contributed by atoms with Gasteiger partial charge in [-0.15, -0.1) is 0 Å². The van der Waals surface area contributed by atoms with Crippen molar-refractivity contribution in [3.8, 4) is 0 Å². The summed E-state index contributed by atoms with van der Waals surface area (Å²) in [6, 6.07) is 7.82. The van der Waals surface area contributed by atoms with Crippen LogP contribution in [0.3, 0.4) is 0 Å². The van der Waals surface area contributed by atoms with Gasteiger partial charge in [-0.25, -0.2) is 8.42 Å². The molecule has 1 atom stereocenters. The van der Waals surface area contributed by atoms with Crippen LogP contribution in [0.5, 0.6) is 0 Å². The van der Waals surface area contributed by atoms with Gasteiger partial charge in [0.05, 0.1) is 16.6 Å². The van der Waals surface area contributed by atoms with Gasteiger partial charge < -0.3 is 4.52 Å². The molecule has 7 heteroatoms. The van der Waals surface area contributed by atoms with Crippen LogP contribution in [0.15, 0.2) is 39.8 Å². The zero-order valence-electron chi connectivity index (χ0n) is 13.1. The van der Waals surface area contributed by atoms with Gasteiger partial charge in [-0.2, -0.15) is 4.31 Å². The highest BCUT2D eigenvalue weighted by atomic mass is 35.5. The van der Waals surface area contributed by atoms with Crippen LogP contribution in [0, 0.1) is 0 Å². The molecule has 5 nitrogen and oxygen atoms in total. The lowest BCUT2D eigenvalue weighted by Crippen LogP contribution is -2.30. The maximum absolute atomic E-state index is 12.9. The maximum Gasteiger partial charge on any atom is 0.243 e. The number of halogens is 1. The molecule has 124 valence electrons. The standard InChI is InChI=1S/C16H19ClN2O3S/c1-11(2)14-10-16(22-18-14)15-4-3-9-19(15)23(20,21)13-7-5-12(17)6-8-13/h5-8,10-11,15H,3-4,9H2,1-2H3/t15-/m0/s1. The molecule has 2 heterocycles. The van der Waals surface area contributed by atoms with Crippen LogP contribution in [-0.4, -0.2) is 24.4 Å². The second-order valence-electron chi connectivity index (χ2n) is 6.04. The monoisotopic (exact) mass is 354 g/mol. The topological polar surface area (TPSA) is 63.4 Å². The van der Waals surface area contributed by atoms with E-state index in [4.69, 9.17) is 16.1 Å². The van der Waals surface area contributed by atoms with Crippen LogP contribution in [0.4, 0.5) is 0 Å². The molecule has 1 fully saturated rings. The smallest absolute Gasteiger partial charge is 0.243 e. The average molecular weight is 355 g/mol. The molecule has 1 saturated heterocycles. The van der Waals surface area contributed by atoms with Crippen LogP contribution in [-0.2, 0) is 10.0 Å². The van der Waals surface area contributed by atoms with E-state index in [-0.39, 0.29) is 16.9 Å². The molecule has 2 aromatic rings. The molecular weight excluding hydrogens is 336 g/mol. The van der Waals surface area contributed by atoms with Crippen molar-refractivity contribution in [1.29, 1.82) is 0 Å². The van der Waals surface area contributed by atoms with Crippen molar-refractivity contribution in [1.82, 2.24) is 9.46 Å². The number of hydrogen-bond donors (Lipinski definition) is 0. The van der Waals surface area contributed by atoms with Gasteiger partial charge in [-0.05, 0) is 43.0 Å². The number of aromatic nitrogens is 1. The lowest BCUT2D eigenvalue weighted by atomic mass is 10.1. The first-order chi connectivity index (χ1) is 10.9. The predicted molar refractivity (Wildman–Crippen MR) is 87.9 cm³/mol. The number of hydrogen-bond acceptors (Lipinski definition) is 4. The van der Waals surface area contributed by atoms with Gasteiger partial charge in [-0.3, -0.25) is 0 Å². The number of rotatable bonds is 4. The maximum atomic E-state index is 12.9. The first kappa shape index (κ1) is 16.5. The Bertz CT molecular complexity index is 784. The molecule has 0 radical (unpaired) electrons. The van der Waals surface area contributed by atoms with Gasteiger partial charge in [0.1, 0.15) is 0 Å². The van der Waals surface area contributed by atoms with Crippen LogP contribution in [0.2, 0.25) is 5.02 Å². The first-order valence-electron chi connectivity index (χ1n) is 7.63. The molecule has 1 aliphatic heterocycles. The van der Waals surface area contributed by atoms with Crippen LogP contribution >= 0.6 is 11.6 Å². The Kier molecular flexibility index (Phi) is 4.49. The molecule has 1 aliphatic rings. The van der Waals surface area contributed by atoms with Crippen molar-refractivity contribution in [2.45, 2.75) is 43.5 Å². The van der Waals surface area contributed by atoms with E-state index in [2.05, 4.69) is 5.16 Å². The highest BCUT2D eigenvalue weighted by Gasteiger charge is 2.38. The average Bonchev–Trinajstić information content (AvgIpc) is 3.16. The minimum absolute atomic E-state index is 0.246. The minimum Gasteiger partial charge on any atom is -0.359 e. The summed E-state index contributed by atoms with van der Waals surface area (Å²) in [7, 11) is -3.58. The van der Waals surface area contributed by atoms with E-state index in [1.807, 2.05) is 19.9 Å². The number of benzene rings is 1. The fraction of sp³-hybridized carbons (Fsp3) is 0.438. The van der Waals surface area contributed by atoms with Gasteiger partial charge >= 0.3 is 0 Å². The number of nitrogens with zero attached hydrogens (tertiary/aromatic N) is 2. The summed E-state index contributed by atoms with van der Waals surface area (Å²) in [6.45, 7) is 4.53. The Balaban J connectivity index is 1.92. The highest BCUT2D eigenvalue weighted by Crippen LogP contribution is 2.37. The summed E-state index contributed by atoms with van der Waals surface area (Å²) in [5.41, 5.74) is 0.843. The molecule has 0 N–H and O–H groups in total. The van der Waals surface area contributed by atoms with Crippen molar-refractivity contribution in [2.75, 3.05) is 6.54 Å². The van der Waals surface area contributed by atoms with Crippen LogP contribution in [0.1, 0.15) is 50.1 Å². The van der Waals surface area contributed by atoms with Gasteiger partial charge in [-0.1, -0.05) is 30.6 Å². The van der Waals surface area contributed by atoms with E-state index in [0.29, 0.717) is 17.3 Å². The second-order valence-corrected chi connectivity index (χ2v) is 8.36. The number of sulfonamides is 1. The van der Waals surface area contributed by atoms with Crippen LogP contribution in [0.25, 0.3) is 0 Å². The molecule has 0 bridgehead atoms. The summed E-state index contributed by atoms with van der Waals surface area (Å²) in [5.74, 6) is 0.860. The zero-order chi connectivity index (χ0) is 16.6. The van der Waals surface area contributed by atoms with Gasteiger partial charge in [0.2, 0.25) is 10.0 Å². The van der Waals surface area contributed by atoms with Crippen molar-refractivity contribution >= 4 is 21.6 Å². The summed E-state index contributed by atoms with van der Waals surface area (Å²) in [4.78, 5) is 0.248. The zero-order valence-corrected chi connectivity index (χ0v) is 14.6. The summed E-state index contributed by atoms with van der Waals surface area (Å²) >= 11 is 5.85. The van der Waals surface area contributed by atoms with E-state index in [1.54, 1.807) is 12.1 Å². The van der Waals surface area contributed by atoms with E-state index in [9.17, 15) is 8.42 Å². The molecule has 3 rings (SSSR count). The molecule has 0 spiro atoms. The second kappa shape index (κ2) is 6.26. The van der Waals surface area contributed by atoms with Crippen LogP contribution < -0.4 is 0 Å². The Morgan fingerprint density at radius 2 is 2.00 bits per heavy atom. The Morgan fingerprint density at radius 3 is 2.61 bits per heavy atom. The Hall–Kier alpha value is -1.37. The first-order valence-corrected chi connectivity index (χ1v) is 9.45. The van der Waals surface area contributed by atoms with Gasteiger partial charge in [0, 0.05) is 17.6 Å².